The fourth-order valence-corrected chi connectivity index (χ4v) is 1.79. The summed E-state index contributed by atoms with van der Waals surface area (Å²) in [6, 6.07) is 22.8. The SMILES string of the molecule is [F][Pt+].[c-]1ccccc1-c1cccc(-c2ccccn2)n1. The molecule has 0 fully saturated rings. The summed E-state index contributed by atoms with van der Waals surface area (Å²) in [6.45, 7) is 0. The van der Waals surface area contributed by atoms with Crippen LogP contribution in [0.15, 0.2) is 66.9 Å². The van der Waals surface area contributed by atoms with Crippen molar-refractivity contribution in [1.29, 1.82) is 0 Å². The van der Waals surface area contributed by atoms with Gasteiger partial charge in [0.1, 0.15) is 0 Å². The van der Waals surface area contributed by atoms with Crippen LogP contribution in [0.4, 0.5) is 3.16 Å². The van der Waals surface area contributed by atoms with Crippen molar-refractivity contribution in [3.63, 3.8) is 0 Å². The number of hydrogen-bond acceptors (Lipinski definition) is 2. The largest absolute Gasteiger partial charge is 0.295 e. The van der Waals surface area contributed by atoms with E-state index in [-0.39, 0.29) is 0 Å². The average Bonchev–Trinajstić information content (AvgIpc) is 2.58. The fraction of sp³-hybridized carbons (Fsp3) is 0. The fourth-order valence-electron chi connectivity index (χ4n) is 1.79. The molecule has 1 aromatic carbocycles. The first kappa shape index (κ1) is 14.5. The molecule has 0 amide bonds. The molecule has 102 valence electrons. The van der Waals surface area contributed by atoms with Crippen molar-refractivity contribution < 1.29 is 23.5 Å². The topological polar surface area (TPSA) is 25.8 Å². The van der Waals surface area contributed by atoms with Gasteiger partial charge in [-0.2, -0.15) is 0 Å². The maximum atomic E-state index is 9.47. The van der Waals surface area contributed by atoms with Gasteiger partial charge in [0.15, 0.2) is 0 Å². The molecule has 2 aromatic heterocycles. The standard InChI is InChI=1S/C16H11N2.FH.Pt/c1-2-7-13(8-3-1)14-10-6-11-16(18-14)15-9-4-5-12-17-15;;/h1-7,9-12H;1H;/q-1;;+2/p-1. The number of rotatable bonds is 2. The minimum atomic E-state index is 0.639. The number of pyridine rings is 2. The Bertz CT molecular complexity index is 590. The van der Waals surface area contributed by atoms with Crippen LogP contribution in [0.3, 0.4) is 0 Å². The monoisotopic (exact) mass is 445 g/mol. The van der Waals surface area contributed by atoms with Crippen molar-refractivity contribution in [1.82, 2.24) is 9.97 Å². The quantitative estimate of drug-likeness (QED) is 0.557. The van der Waals surface area contributed by atoms with Gasteiger partial charge in [0, 0.05) is 6.20 Å². The molecule has 0 atom stereocenters. The molecule has 0 saturated heterocycles. The van der Waals surface area contributed by atoms with E-state index in [9.17, 15) is 3.16 Å². The molecule has 0 spiro atoms. The van der Waals surface area contributed by atoms with Crippen LogP contribution in [0.5, 0.6) is 0 Å². The summed E-state index contributed by atoms with van der Waals surface area (Å²) in [6.07, 6.45) is 1.78. The molecule has 20 heavy (non-hydrogen) atoms. The average molecular weight is 445 g/mol. The van der Waals surface area contributed by atoms with E-state index < -0.39 is 0 Å². The summed E-state index contributed by atoms with van der Waals surface area (Å²) in [5, 5.41) is 0. The molecule has 0 bridgehead atoms. The van der Waals surface area contributed by atoms with Crippen molar-refractivity contribution in [3.05, 3.63) is 72.9 Å². The summed E-state index contributed by atoms with van der Waals surface area (Å²) in [7, 11) is 0. The zero-order valence-electron chi connectivity index (χ0n) is 10.4. The van der Waals surface area contributed by atoms with Crippen molar-refractivity contribution in [2.45, 2.75) is 0 Å². The molecule has 4 heteroatoms. The third kappa shape index (κ3) is 3.58. The predicted octanol–water partition coefficient (Wildman–Crippen LogP) is 4.03. The van der Waals surface area contributed by atoms with Gasteiger partial charge in [0.25, 0.3) is 0 Å². The summed E-state index contributed by atoms with van der Waals surface area (Å²) in [5.74, 6) is 0. The number of nitrogens with zero attached hydrogens (tertiary/aromatic N) is 2. The van der Waals surface area contributed by atoms with Crippen molar-refractivity contribution >= 4 is 0 Å². The van der Waals surface area contributed by atoms with Crippen LogP contribution in [0.2, 0.25) is 0 Å². The number of aromatic nitrogens is 2. The van der Waals surface area contributed by atoms with Crippen LogP contribution in [0.25, 0.3) is 22.6 Å². The van der Waals surface area contributed by atoms with E-state index in [0.29, 0.717) is 20.3 Å². The summed E-state index contributed by atoms with van der Waals surface area (Å²) in [4.78, 5) is 8.93. The van der Waals surface area contributed by atoms with E-state index in [4.69, 9.17) is 0 Å². The minimum Gasteiger partial charge on any atom is -0.295 e. The first-order chi connectivity index (χ1) is 9.93. The third-order valence-electron chi connectivity index (χ3n) is 2.66. The molecule has 0 aliphatic rings. The molecule has 0 aliphatic carbocycles. The maximum Gasteiger partial charge on any atom is 0.0876 e. The Morgan fingerprint density at radius 1 is 0.800 bits per heavy atom. The zero-order chi connectivity index (χ0) is 14.2. The number of benzene rings is 1. The second-order valence-electron chi connectivity index (χ2n) is 3.90. The van der Waals surface area contributed by atoms with Gasteiger partial charge in [-0.1, -0.05) is 18.2 Å². The van der Waals surface area contributed by atoms with Crippen LogP contribution in [-0.4, -0.2) is 9.97 Å². The third-order valence-corrected chi connectivity index (χ3v) is 2.66. The van der Waals surface area contributed by atoms with Crippen LogP contribution >= 0.6 is 0 Å². The molecule has 3 aromatic rings. The Morgan fingerprint density at radius 3 is 2.25 bits per heavy atom. The second-order valence-corrected chi connectivity index (χ2v) is 3.90. The van der Waals surface area contributed by atoms with E-state index >= 15 is 0 Å². The van der Waals surface area contributed by atoms with Gasteiger partial charge in [0.05, 0.1) is 11.4 Å². The summed E-state index contributed by atoms with van der Waals surface area (Å²) < 4.78 is 9.47. The Morgan fingerprint density at radius 2 is 1.55 bits per heavy atom. The molecular formula is C16H11FN2Pt. The van der Waals surface area contributed by atoms with Crippen LogP contribution in [0.1, 0.15) is 0 Å². The maximum absolute atomic E-state index is 9.47. The number of halogens is 1. The van der Waals surface area contributed by atoms with Crippen molar-refractivity contribution in [2.24, 2.45) is 0 Å². The van der Waals surface area contributed by atoms with E-state index in [1.54, 1.807) is 6.20 Å². The molecule has 0 saturated carbocycles. The van der Waals surface area contributed by atoms with E-state index in [1.807, 2.05) is 60.7 Å². The van der Waals surface area contributed by atoms with Gasteiger partial charge < -0.3 is 0 Å². The molecule has 0 aliphatic heterocycles. The van der Waals surface area contributed by atoms with Gasteiger partial charge in [-0.3, -0.25) is 9.97 Å². The minimum absolute atomic E-state index is 0.639. The number of hydrogen-bond donors (Lipinski definition) is 0. The molecule has 0 radical (unpaired) electrons. The van der Waals surface area contributed by atoms with E-state index in [1.165, 1.54) is 0 Å². The molecule has 3 rings (SSSR count). The van der Waals surface area contributed by atoms with Gasteiger partial charge in [-0.05, 0) is 23.9 Å². The zero-order valence-corrected chi connectivity index (χ0v) is 12.7. The molecular weight excluding hydrogens is 434 g/mol. The molecule has 0 N–H and O–H groups in total. The first-order valence-corrected chi connectivity index (χ1v) is 6.77. The Kier molecular flexibility index (Phi) is 5.57. The van der Waals surface area contributed by atoms with Gasteiger partial charge in [-0.15, -0.1) is 35.9 Å². The Labute approximate surface area is 129 Å². The molecule has 2 heterocycles. The van der Waals surface area contributed by atoms with Crippen molar-refractivity contribution in [3.8, 4) is 22.6 Å². The summed E-state index contributed by atoms with van der Waals surface area (Å²) >= 11 is 0.639. The normalized spacial score (nSPS) is 9.55. The smallest absolute Gasteiger partial charge is 0.0876 e. The molecule has 2 nitrogen and oxygen atoms in total. The molecule has 0 unspecified atom stereocenters. The van der Waals surface area contributed by atoms with Crippen LogP contribution < -0.4 is 0 Å². The Balaban J connectivity index is 0.000000704. The second kappa shape index (κ2) is 7.66. The van der Waals surface area contributed by atoms with Gasteiger partial charge >= 0.3 is 23.5 Å². The van der Waals surface area contributed by atoms with E-state index in [0.717, 1.165) is 22.6 Å². The van der Waals surface area contributed by atoms with Crippen LogP contribution in [0, 0.1) is 6.07 Å². The van der Waals surface area contributed by atoms with Crippen LogP contribution in [-0.2, 0) is 20.3 Å². The van der Waals surface area contributed by atoms with Crippen molar-refractivity contribution in [2.75, 3.05) is 0 Å². The van der Waals surface area contributed by atoms with E-state index in [2.05, 4.69) is 16.0 Å². The Hall–Kier alpha value is -1.86. The van der Waals surface area contributed by atoms with Gasteiger partial charge in [0.2, 0.25) is 0 Å². The predicted molar refractivity (Wildman–Crippen MR) is 72.8 cm³/mol. The summed E-state index contributed by atoms with van der Waals surface area (Å²) in [5.41, 5.74) is 3.68. The first-order valence-electron chi connectivity index (χ1n) is 5.91. The van der Waals surface area contributed by atoms with Gasteiger partial charge in [-0.25, -0.2) is 0 Å².